The van der Waals surface area contributed by atoms with Gasteiger partial charge in [-0.15, -0.1) is 0 Å². The zero-order valence-corrected chi connectivity index (χ0v) is 16.4. The molecule has 0 spiro atoms. The molecule has 1 amide bonds. The van der Waals surface area contributed by atoms with E-state index < -0.39 is 22.2 Å². The second-order valence-electron chi connectivity index (χ2n) is 6.18. The SMILES string of the molecule is CS(=O)(=O)NCc1cn2c(n1)CN(C(=O)c1ccccn1)CC2.O=C(O)C(F)(F)F. The summed E-state index contributed by atoms with van der Waals surface area (Å²) in [6, 6.07) is 5.23. The third-order valence-corrected chi connectivity index (χ3v) is 4.45. The quantitative estimate of drug-likeness (QED) is 0.699. The van der Waals surface area contributed by atoms with Crippen LogP contribution in [0.3, 0.4) is 0 Å². The zero-order chi connectivity index (χ0) is 22.5. The average molecular weight is 449 g/mol. The maximum absolute atomic E-state index is 12.4. The number of hydrogen-bond acceptors (Lipinski definition) is 6. The van der Waals surface area contributed by atoms with E-state index >= 15 is 0 Å². The average Bonchev–Trinajstić information content (AvgIpc) is 3.08. The van der Waals surface area contributed by atoms with E-state index in [4.69, 9.17) is 9.90 Å². The molecule has 0 aromatic carbocycles. The summed E-state index contributed by atoms with van der Waals surface area (Å²) in [7, 11) is -3.26. The molecule has 0 aliphatic carbocycles. The Balaban J connectivity index is 0.000000396. The van der Waals surface area contributed by atoms with Crippen LogP contribution in [0.2, 0.25) is 0 Å². The minimum absolute atomic E-state index is 0.129. The molecule has 1 aliphatic heterocycles. The highest BCUT2D eigenvalue weighted by Crippen LogP contribution is 2.15. The van der Waals surface area contributed by atoms with E-state index in [1.54, 1.807) is 29.3 Å². The number of fused-ring (bicyclic) bond motifs is 1. The summed E-state index contributed by atoms with van der Waals surface area (Å²) in [6.07, 6.45) is -0.570. The van der Waals surface area contributed by atoms with Gasteiger partial charge in [0.2, 0.25) is 10.0 Å². The summed E-state index contributed by atoms with van der Waals surface area (Å²) in [5, 5.41) is 7.12. The van der Waals surface area contributed by atoms with E-state index in [0.717, 1.165) is 12.1 Å². The lowest BCUT2D eigenvalue weighted by molar-refractivity contribution is -0.192. The van der Waals surface area contributed by atoms with Crippen molar-refractivity contribution in [2.45, 2.75) is 25.8 Å². The third-order valence-electron chi connectivity index (χ3n) is 3.78. The van der Waals surface area contributed by atoms with Crippen LogP contribution in [0, 0.1) is 0 Å². The molecule has 0 bridgehead atoms. The van der Waals surface area contributed by atoms with Crippen LogP contribution in [-0.4, -0.2) is 63.8 Å². The topological polar surface area (TPSA) is 134 Å². The van der Waals surface area contributed by atoms with Gasteiger partial charge in [0, 0.05) is 25.5 Å². The van der Waals surface area contributed by atoms with Gasteiger partial charge in [-0.05, 0) is 12.1 Å². The maximum atomic E-state index is 12.4. The summed E-state index contributed by atoms with van der Waals surface area (Å²) in [5.41, 5.74) is 1.05. The first-order valence-corrected chi connectivity index (χ1v) is 10.3. The van der Waals surface area contributed by atoms with Crippen LogP contribution < -0.4 is 4.72 Å². The van der Waals surface area contributed by atoms with Crippen molar-refractivity contribution in [3.63, 3.8) is 0 Å². The van der Waals surface area contributed by atoms with Crippen molar-refractivity contribution in [3.05, 3.63) is 47.8 Å². The van der Waals surface area contributed by atoms with Gasteiger partial charge in [-0.2, -0.15) is 13.2 Å². The fraction of sp³-hybridized carbons (Fsp3) is 0.375. The number of alkyl halides is 3. The van der Waals surface area contributed by atoms with Crippen LogP contribution in [-0.2, 0) is 34.5 Å². The van der Waals surface area contributed by atoms with E-state index in [1.165, 1.54) is 0 Å². The highest BCUT2D eigenvalue weighted by Gasteiger charge is 2.38. The minimum atomic E-state index is -5.08. The number of pyridine rings is 1. The molecule has 14 heteroatoms. The predicted molar refractivity (Wildman–Crippen MR) is 96.6 cm³/mol. The molecule has 2 aromatic rings. The summed E-state index contributed by atoms with van der Waals surface area (Å²) in [5.74, 6) is -2.14. The van der Waals surface area contributed by atoms with E-state index in [-0.39, 0.29) is 12.5 Å². The molecule has 0 fully saturated rings. The smallest absolute Gasteiger partial charge is 0.475 e. The minimum Gasteiger partial charge on any atom is -0.475 e. The predicted octanol–water partition coefficient (Wildman–Crippen LogP) is 0.617. The number of sulfonamides is 1. The van der Waals surface area contributed by atoms with E-state index in [1.807, 2.05) is 10.8 Å². The molecular weight excluding hydrogens is 431 g/mol. The van der Waals surface area contributed by atoms with Gasteiger partial charge in [-0.25, -0.2) is 22.9 Å². The first-order chi connectivity index (χ1) is 13.9. The molecule has 0 atom stereocenters. The Labute approximate surface area is 169 Å². The molecule has 0 unspecified atom stereocenters. The Morgan fingerprint density at radius 1 is 1.27 bits per heavy atom. The van der Waals surface area contributed by atoms with Crippen molar-refractivity contribution < 1.29 is 36.3 Å². The number of carbonyl (C=O) groups excluding carboxylic acids is 1. The number of nitrogens with zero attached hydrogens (tertiary/aromatic N) is 4. The third kappa shape index (κ3) is 6.81. The van der Waals surface area contributed by atoms with Gasteiger partial charge in [0.15, 0.2) is 0 Å². The van der Waals surface area contributed by atoms with Gasteiger partial charge in [-0.3, -0.25) is 9.78 Å². The lowest BCUT2D eigenvalue weighted by atomic mass is 10.3. The van der Waals surface area contributed by atoms with Crippen LogP contribution in [0.1, 0.15) is 22.0 Å². The van der Waals surface area contributed by atoms with Gasteiger partial charge < -0.3 is 14.6 Å². The molecule has 164 valence electrons. The van der Waals surface area contributed by atoms with E-state index in [0.29, 0.717) is 31.0 Å². The summed E-state index contributed by atoms with van der Waals surface area (Å²) >= 11 is 0. The number of halogens is 3. The molecule has 30 heavy (non-hydrogen) atoms. The molecule has 0 radical (unpaired) electrons. The van der Waals surface area contributed by atoms with Crippen LogP contribution in [0.25, 0.3) is 0 Å². The Hall–Kier alpha value is -3.00. The van der Waals surface area contributed by atoms with Gasteiger partial charge in [0.05, 0.1) is 25.0 Å². The van der Waals surface area contributed by atoms with Crippen molar-refractivity contribution in [2.24, 2.45) is 0 Å². The number of imidazole rings is 1. The number of carboxylic acid groups (broad SMARTS) is 1. The van der Waals surface area contributed by atoms with Gasteiger partial charge in [0.1, 0.15) is 11.5 Å². The van der Waals surface area contributed by atoms with Gasteiger partial charge in [0.25, 0.3) is 5.91 Å². The number of carbonyl (C=O) groups is 2. The molecule has 3 heterocycles. The molecule has 0 saturated heterocycles. The lowest BCUT2D eigenvalue weighted by Gasteiger charge is -2.27. The number of aliphatic carboxylic acids is 1. The highest BCUT2D eigenvalue weighted by molar-refractivity contribution is 7.88. The largest absolute Gasteiger partial charge is 0.490 e. The number of rotatable bonds is 4. The summed E-state index contributed by atoms with van der Waals surface area (Å²) < 4.78 is 58.4. The first-order valence-electron chi connectivity index (χ1n) is 8.37. The first kappa shape index (κ1) is 23.3. The summed E-state index contributed by atoms with van der Waals surface area (Å²) in [6.45, 7) is 1.72. The molecule has 10 nitrogen and oxygen atoms in total. The summed E-state index contributed by atoms with van der Waals surface area (Å²) in [4.78, 5) is 31.5. The number of aromatic nitrogens is 3. The van der Waals surface area contributed by atoms with Crippen molar-refractivity contribution in [1.29, 1.82) is 0 Å². The second-order valence-corrected chi connectivity index (χ2v) is 8.01. The highest BCUT2D eigenvalue weighted by atomic mass is 32.2. The number of hydrogen-bond donors (Lipinski definition) is 2. The van der Waals surface area contributed by atoms with Crippen molar-refractivity contribution in [1.82, 2.24) is 24.2 Å². The van der Waals surface area contributed by atoms with E-state index in [9.17, 15) is 26.4 Å². The number of nitrogens with one attached hydrogen (secondary N) is 1. The van der Waals surface area contributed by atoms with Crippen molar-refractivity contribution in [3.8, 4) is 0 Å². The molecule has 1 aliphatic rings. The Morgan fingerprint density at radius 3 is 2.47 bits per heavy atom. The molecule has 2 N–H and O–H groups in total. The van der Waals surface area contributed by atoms with Crippen LogP contribution in [0.5, 0.6) is 0 Å². The fourth-order valence-corrected chi connectivity index (χ4v) is 2.84. The Bertz CT molecular complexity index is 1010. The zero-order valence-electron chi connectivity index (χ0n) is 15.6. The Kier molecular flexibility index (Phi) is 7.15. The molecule has 3 rings (SSSR count). The molecular formula is C16H18F3N5O5S. The van der Waals surface area contributed by atoms with E-state index in [2.05, 4.69) is 14.7 Å². The molecule has 2 aromatic heterocycles. The fourth-order valence-electron chi connectivity index (χ4n) is 2.43. The van der Waals surface area contributed by atoms with Crippen LogP contribution in [0.15, 0.2) is 30.6 Å². The normalized spacial score (nSPS) is 13.8. The van der Waals surface area contributed by atoms with Crippen LogP contribution in [0.4, 0.5) is 13.2 Å². The monoisotopic (exact) mass is 449 g/mol. The maximum Gasteiger partial charge on any atom is 0.490 e. The Morgan fingerprint density at radius 2 is 1.93 bits per heavy atom. The number of amides is 1. The lowest BCUT2D eigenvalue weighted by Crippen LogP contribution is -2.38. The second kappa shape index (κ2) is 9.21. The molecule has 0 saturated carbocycles. The van der Waals surface area contributed by atoms with Crippen LogP contribution >= 0.6 is 0 Å². The van der Waals surface area contributed by atoms with Crippen molar-refractivity contribution >= 4 is 21.9 Å². The van der Waals surface area contributed by atoms with Gasteiger partial charge >= 0.3 is 12.1 Å². The standard InChI is InChI=1S/C14H17N5O3S.C2HF3O2/c1-23(21,22)16-8-11-9-18-6-7-19(10-13(18)17-11)14(20)12-4-2-3-5-15-12;3-2(4,5)1(6)7/h2-5,9,16H,6-8,10H2,1H3;(H,6,7). The van der Waals surface area contributed by atoms with Gasteiger partial charge in [-0.1, -0.05) is 6.07 Å². The van der Waals surface area contributed by atoms with Crippen molar-refractivity contribution in [2.75, 3.05) is 12.8 Å². The number of carboxylic acids is 1.